The zero-order chi connectivity index (χ0) is 5.91. The van der Waals surface area contributed by atoms with Crippen LogP contribution in [0.15, 0.2) is 0 Å². The van der Waals surface area contributed by atoms with Gasteiger partial charge in [-0.3, -0.25) is 4.78 Å². The molecule has 0 unspecified atom stereocenters. The van der Waals surface area contributed by atoms with Gasteiger partial charge in [0.1, 0.15) is 0 Å². The van der Waals surface area contributed by atoms with Crippen molar-refractivity contribution >= 4 is 22.1 Å². The van der Waals surface area contributed by atoms with Crippen LogP contribution >= 0.6 is 12.4 Å². The minimum absolute atomic E-state index is 0. The molecule has 0 bridgehead atoms. The lowest BCUT2D eigenvalue weighted by Gasteiger charge is -1.94. The van der Waals surface area contributed by atoms with Crippen molar-refractivity contribution in [2.75, 3.05) is 11.5 Å². The molecule has 52 valence electrons. The summed E-state index contributed by atoms with van der Waals surface area (Å²) in [4.78, 5) is 0. The summed E-state index contributed by atoms with van der Waals surface area (Å²) in [6.45, 7) is 3.55. The Kier molecular flexibility index (Phi) is 5.76. The van der Waals surface area contributed by atoms with E-state index in [4.69, 9.17) is 4.78 Å². The van der Waals surface area contributed by atoms with Crippen LogP contribution in [0.2, 0.25) is 0 Å². The summed E-state index contributed by atoms with van der Waals surface area (Å²) >= 11 is 0. The second-order valence-electron chi connectivity index (χ2n) is 1.39. The van der Waals surface area contributed by atoms with E-state index in [9.17, 15) is 4.21 Å². The van der Waals surface area contributed by atoms with Gasteiger partial charge in [0.15, 0.2) is 0 Å². The molecule has 0 aliphatic heterocycles. The average Bonchev–Trinajstić information content (AvgIpc) is 1.68. The molecular formula is C4H12ClNOS. The quantitative estimate of drug-likeness (QED) is 0.649. The Bertz CT molecular complexity index is 119. The maximum Gasteiger partial charge on any atom is 0.0436 e. The molecule has 0 amide bonds. The Morgan fingerprint density at radius 3 is 1.62 bits per heavy atom. The van der Waals surface area contributed by atoms with Crippen LogP contribution in [0.25, 0.3) is 0 Å². The van der Waals surface area contributed by atoms with E-state index in [1.165, 1.54) is 0 Å². The van der Waals surface area contributed by atoms with Gasteiger partial charge in [-0.25, -0.2) is 4.21 Å². The minimum atomic E-state index is -2.16. The van der Waals surface area contributed by atoms with Crippen molar-refractivity contribution in [3.8, 4) is 0 Å². The zero-order valence-corrected chi connectivity index (χ0v) is 6.77. The molecule has 0 atom stereocenters. The lowest BCUT2D eigenvalue weighted by molar-refractivity contribution is 0.676. The Morgan fingerprint density at radius 2 is 1.62 bits per heavy atom. The molecule has 8 heavy (non-hydrogen) atoms. The first-order chi connectivity index (χ1) is 3.12. The lowest BCUT2D eigenvalue weighted by atomic mass is 11.0. The molecule has 0 aliphatic carbocycles. The van der Waals surface area contributed by atoms with Crippen molar-refractivity contribution in [3.63, 3.8) is 0 Å². The second-order valence-corrected chi connectivity index (χ2v) is 4.17. The van der Waals surface area contributed by atoms with Crippen LogP contribution in [-0.2, 0) is 9.73 Å². The molecule has 0 aromatic carbocycles. The van der Waals surface area contributed by atoms with Crippen LogP contribution in [0.1, 0.15) is 13.8 Å². The van der Waals surface area contributed by atoms with Gasteiger partial charge in [0, 0.05) is 21.2 Å². The molecule has 1 N–H and O–H groups in total. The highest BCUT2D eigenvalue weighted by Crippen LogP contribution is 1.86. The van der Waals surface area contributed by atoms with E-state index in [1.807, 2.05) is 0 Å². The lowest BCUT2D eigenvalue weighted by Crippen LogP contribution is -2.02. The Hall–Kier alpha value is 0.240. The number of hydrogen-bond donors (Lipinski definition) is 1. The summed E-state index contributed by atoms with van der Waals surface area (Å²) in [5, 5.41) is 0. The number of hydrogen-bond acceptors (Lipinski definition) is 2. The zero-order valence-electron chi connectivity index (χ0n) is 5.14. The Labute approximate surface area is 57.1 Å². The molecule has 0 aromatic heterocycles. The molecule has 0 heterocycles. The standard InChI is InChI=1S/C4H11NOS.ClH/c1-3-7(5,6)4-2;/h5H,3-4H2,1-2H3;1H. The highest BCUT2D eigenvalue weighted by Gasteiger charge is 1.93. The fraction of sp³-hybridized carbons (Fsp3) is 1.00. The molecule has 2 nitrogen and oxygen atoms in total. The molecular weight excluding hydrogens is 146 g/mol. The van der Waals surface area contributed by atoms with Crippen molar-refractivity contribution in [2.24, 2.45) is 0 Å². The molecule has 0 aliphatic rings. The molecule has 0 fully saturated rings. The fourth-order valence-corrected chi connectivity index (χ4v) is 0.612. The van der Waals surface area contributed by atoms with Crippen molar-refractivity contribution < 1.29 is 4.21 Å². The van der Waals surface area contributed by atoms with Crippen LogP contribution < -0.4 is 0 Å². The van der Waals surface area contributed by atoms with E-state index in [0.717, 1.165) is 0 Å². The largest absolute Gasteiger partial charge is 0.253 e. The first kappa shape index (κ1) is 11.1. The fourth-order valence-electron chi connectivity index (χ4n) is 0.204. The molecule has 0 radical (unpaired) electrons. The van der Waals surface area contributed by atoms with Gasteiger partial charge < -0.3 is 0 Å². The molecule has 0 spiro atoms. The predicted octanol–water partition coefficient (Wildman–Crippen LogP) is 1.49. The van der Waals surface area contributed by atoms with E-state index < -0.39 is 9.73 Å². The molecule has 0 saturated heterocycles. The third-order valence-electron chi connectivity index (χ3n) is 0.933. The van der Waals surface area contributed by atoms with Crippen molar-refractivity contribution in [3.05, 3.63) is 0 Å². The molecule has 0 saturated carbocycles. The number of halogens is 1. The smallest absolute Gasteiger partial charge is 0.0436 e. The third-order valence-corrected chi connectivity index (χ3v) is 2.80. The van der Waals surface area contributed by atoms with Gasteiger partial charge in [0.25, 0.3) is 0 Å². The molecule has 4 heteroatoms. The number of rotatable bonds is 2. The SMILES string of the molecule is CCS(=N)(=O)CC.Cl. The van der Waals surface area contributed by atoms with Gasteiger partial charge in [0.2, 0.25) is 0 Å². The van der Waals surface area contributed by atoms with E-state index >= 15 is 0 Å². The van der Waals surface area contributed by atoms with Gasteiger partial charge in [-0.1, -0.05) is 13.8 Å². The van der Waals surface area contributed by atoms with E-state index in [0.29, 0.717) is 11.5 Å². The molecule has 0 aromatic rings. The van der Waals surface area contributed by atoms with E-state index in [1.54, 1.807) is 13.8 Å². The van der Waals surface area contributed by atoms with Crippen LogP contribution in [0.5, 0.6) is 0 Å². The van der Waals surface area contributed by atoms with E-state index in [2.05, 4.69) is 0 Å². The summed E-state index contributed by atoms with van der Waals surface area (Å²) in [6.07, 6.45) is 0. The van der Waals surface area contributed by atoms with Crippen LogP contribution in [-0.4, -0.2) is 15.7 Å². The average molecular weight is 158 g/mol. The summed E-state index contributed by atoms with van der Waals surface area (Å²) < 4.78 is 17.5. The monoisotopic (exact) mass is 157 g/mol. The van der Waals surface area contributed by atoms with Gasteiger partial charge in [-0.05, 0) is 0 Å². The van der Waals surface area contributed by atoms with Crippen LogP contribution in [0.4, 0.5) is 0 Å². The number of nitrogens with one attached hydrogen (secondary N) is 1. The summed E-state index contributed by atoms with van der Waals surface area (Å²) in [5.74, 6) is 0.979. The third kappa shape index (κ3) is 4.40. The van der Waals surface area contributed by atoms with Crippen molar-refractivity contribution in [2.45, 2.75) is 13.8 Å². The van der Waals surface area contributed by atoms with Crippen molar-refractivity contribution in [1.82, 2.24) is 0 Å². The maximum absolute atomic E-state index is 10.6. The van der Waals surface area contributed by atoms with Crippen molar-refractivity contribution in [1.29, 1.82) is 4.78 Å². The van der Waals surface area contributed by atoms with Crippen LogP contribution in [0, 0.1) is 4.78 Å². The second kappa shape index (κ2) is 4.15. The Balaban J connectivity index is 0. The highest BCUT2D eigenvalue weighted by molar-refractivity contribution is 7.92. The normalized spacial score (nSPS) is 10.2. The van der Waals surface area contributed by atoms with Gasteiger partial charge in [-0.15, -0.1) is 12.4 Å². The van der Waals surface area contributed by atoms with Gasteiger partial charge in [0.05, 0.1) is 0 Å². The van der Waals surface area contributed by atoms with Gasteiger partial charge >= 0.3 is 0 Å². The first-order valence-corrected chi connectivity index (χ1v) is 4.26. The minimum Gasteiger partial charge on any atom is -0.253 e. The van der Waals surface area contributed by atoms with Crippen LogP contribution in [0.3, 0.4) is 0 Å². The summed E-state index contributed by atoms with van der Waals surface area (Å²) in [7, 11) is -2.16. The predicted molar refractivity (Wildman–Crippen MR) is 39.2 cm³/mol. The summed E-state index contributed by atoms with van der Waals surface area (Å²) in [5.41, 5.74) is 0. The topological polar surface area (TPSA) is 40.9 Å². The summed E-state index contributed by atoms with van der Waals surface area (Å²) in [6, 6.07) is 0. The Morgan fingerprint density at radius 1 is 1.38 bits per heavy atom. The van der Waals surface area contributed by atoms with Gasteiger partial charge in [-0.2, -0.15) is 0 Å². The maximum atomic E-state index is 10.6. The first-order valence-electron chi connectivity index (χ1n) is 2.36. The molecule has 0 rings (SSSR count). The highest BCUT2D eigenvalue weighted by atomic mass is 35.5. The van der Waals surface area contributed by atoms with E-state index in [-0.39, 0.29) is 12.4 Å².